The van der Waals surface area contributed by atoms with Gasteiger partial charge in [0.25, 0.3) is 0 Å². The Labute approximate surface area is 282 Å². The molecule has 4 aliphatic carbocycles. The summed E-state index contributed by atoms with van der Waals surface area (Å²) in [5, 5.41) is 6.59. The first-order valence-electron chi connectivity index (χ1n) is 17.3. The largest absolute Gasteiger partial charge is 0.355 e. The van der Waals surface area contributed by atoms with E-state index in [1.807, 2.05) is 0 Å². The second kappa shape index (κ2) is 10.7. The normalized spacial score (nSPS) is 16.5. The molecule has 0 fully saturated rings. The highest BCUT2D eigenvalue weighted by atomic mass is 14.9. The van der Waals surface area contributed by atoms with Crippen molar-refractivity contribution in [1.29, 1.82) is 0 Å². The maximum atomic E-state index is 4.07. The van der Waals surface area contributed by atoms with E-state index in [1.165, 1.54) is 100 Å². The molecule has 6 aromatic rings. The summed E-state index contributed by atoms with van der Waals surface area (Å²) in [6.07, 6.45) is 17.3. The summed E-state index contributed by atoms with van der Waals surface area (Å²) in [7, 11) is 0. The maximum Gasteiger partial charge on any atom is 0.0550 e. The summed E-state index contributed by atoms with van der Waals surface area (Å²) in [5.74, 6) is 0.256. The van der Waals surface area contributed by atoms with E-state index < -0.39 is 0 Å². The van der Waals surface area contributed by atoms with Crippen LogP contribution in [0.4, 0.5) is 5.69 Å². The molecule has 1 N–H and O–H groups in total. The maximum absolute atomic E-state index is 4.07. The lowest BCUT2D eigenvalue weighted by molar-refractivity contribution is 1.02. The Bertz CT molecular complexity index is 2460. The van der Waals surface area contributed by atoms with Gasteiger partial charge in [-0.05, 0) is 122 Å². The van der Waals surface area contributed by atoms with Gasteiger partial charge in [0, 0.05) is 22.7 Å². The Hall–Kier alpha value is -5.66. The first-order chi connectivity index (χ1) is 23.7. The van der Waals surface area contributed by atoms with Crippen LogP contribution in [0.15, 0.2) is 151 Å². The molecule has 0 radical (unpaired) electrons. The quantitative estimate of drug-likeness (QED) is 0.195. The molecule has 6 aromatic carbocycles. The highest BCUT2D eigenvalue weighted by Crippen LogP contribution is 2.60. The Kier molecular flexibility index (Phi) is 6.11. The Morgan fingerprint density at radius 3 is 2.19 bits per heavy atom. The van der Waals surface area contributed by atoms with Crippen LogP contribution in [0.3, 0.4) is 0 Å². The summed E-state index contributed by atoms with van der Waals surface area (Å²) >= 11 is 0. The fraction of sp³-hybridized carbons (Fsp3) is 0.106. The molecule has 48 heavy (non-hydrogen) atoms. The summed E-state index contributed by atoms with van der Waals surface area (Å²) in [6.45, 7) is 2.21. The second-order valence-corrected chi connectivity index (χ2v) is 13.5. The minimum Gasteiger partial charge on any atom is -0.355 e. The molecule has 228 valence electrons. The average Bonchev–Trinajstić information content (AvgIpc) is 3.24. The SMILES string of the molecule is Cc1ccccc1-c1cc(-c2ccc3c(c2NC2=CCCC=C2)-c2c4cccc2-c2cccc-3c2C2C=CCC=C42)c2ccccc2c1. The fourth-order valence-corrected chi connectivity index (χ4v) is 8.70. The van der Waals surface area contributed by atoms with Crippen molar-refractivity contribution in [3.63, 3.8) is 0 Å². The number of aryl methyl sites for hydroxylation is 1. The number of hydrogen-bond donors (Lipinski definition) is 1. The monoisotopic (exact) mass is 613 g/mol. The van der Waals surface area contributed by atoms with Crippen LogP contribution in [-0.2, 0) is 0 Å². The van der Waals surface area contributed by atoms with E-state index in [0.29, 0.717) is 0 Å². The smallest absolute Gasteiger partial charge is 0.0550 e. The van der Waals surface area contributed by atoms with E-state index in [9.17, 15) is 0 Å². The molecule has 0 aromatic heterocycles. The Balaban J connectivity index is 1.34. The van der Waals surface area contributed by atoms with E-state index in [2.05, 4.69) is 158 Å². The summed E-state index contributed by atoms with van der Waals surface area (Å²) in [6, 6.07) is 41.1. The molecule has 10 rings (SSSR count). The van der Waals surface area contributed by atoms with E-state index in [0.717, 1.165) is 19.3 Å². The molecule has 0 aliphatic heterocycles. The van der Waals surface area contributed by atoms with E-state index >= 15 is 0 Å². The summed E-state index contributed by atoms with van der Waals surface area (Å²) in [4.78, 5) is 0. The van der Waals surface area contributed by atoms with Crippen LogP contribution in [0.5, 0.6) is 0 Å². The zero-order valence-electron chi connectivity index (χ0n) is 27.1. The minimum atomic E-state index is 0.256. The lowest BCUT2D eigenvalue weighted by atomic mass is 9.76. The highest BCUT2D eigenvalue weighted by Gasteiger charge is 2.36. The topological polar surface area (TPSA) is 12.0 Å². The summed E-state index contributed by atoms with van der Waals surface area (Å²) in [5.41, 5.74) is 20.9. The van der Waals surface area contributed by atoms with Crippen LogP contribution in [0, 0.1) is 6.92 Å². The van der Waals surface area contributed by atoms with Gasteiger partial charge in [0.1, 0.15) is 0 Å². The van der Waals surface area contributed by atoms with Gasteiger partial charge < -0.3 is 5.32 Å². The van der Waals surface area contributed by atoms with Crippen molar-refractivity contribution >= 4 is 22.0 Å². The number of fused-ring (bicyclic) bond motifs is 5. The number of hydrogen-bond acceptors (Lipinski definition) is 1. The van der Waals surface area contributed by atoms with Crippen LogP contribution in [-0.4, -0.2) is 0 Å². The number of rotatable bonds is 4. The molecule has 4 aliphatic rings. The molecular weight excluding hydrogens is 579 g/mol. The van der Waals surface area contributed by atoms with E-state index in [1.54, 1.807) is 0 Å². The van der Waals surface area contributed by atoms with Crippen molar-refractivity contribution in [3.8, 4) is 55.6 Å². The van der Waals surface area contributed by atoms with Crippen molar-refractivity contribution < 1.29 is 0 Å². The molecule has 1 nitrogen and oxygen atoms in total. The zero-order chi connectivity index (χ0) is 31.8. The predicted octanol–water partition coefficient (Wildman–Crippen LogP) is 12.9. The van der Waals surface area contributed by atoms with Gasteiger partial charge in [-0.2, -0.15) is 0 Å². The third-order valence-electron chi connectivity index (χ3n) is 10.8. The molecule has 0 spiro atoms. The van der Waals surface area contributed by atoms with Gasteiger partial charge in [-0.25, -0.2) is 0 Å². The third-order valence-corrected chi connectivity index (χ3v) is 10.8. The van der Waals surface area contributed by atoms with E-state index in [4.69, 9.17) is 0 Å². The minimum absolute atomic E-state index is 0.256. The third kappa shape index (κ3) is 4.04. The highest BCUT2D eigenvalue weighted by molar-refractivity contribution is 6.14. The van der Waals surface area contributed by atoms with E-state index in [-0.39, 0.29) is 5.92 Å². The van der Waals surface area contributed by atoms with Crippen LogP contribution < -0.4 is 5.32 Å². The number of benzene rings is 6. The zero-order valence-corrected chi connectivity index (χ0v) is 27.1. The molecule has 1 unspecified atom stereocenters. The van der Waals surface area contributed by atoms with Crippen LogP contribution >= 0.6 is 0 Å². The first kappa shape index (κ1) is 27.5. The molecular formula is C47H35N. The van der Waals surface area contributed by atoms with Gasteiger partial charge in [-0.15, -0.1) is 0 Å². The van der Waals surface area contributed by atoms with Crippen LogP contribution in [0.25, 0.3) is 72.0 Å². The van der Waals surface area contributed by atoms with Gasteiger partial charge in [0.2, 0.25) is 0 Å². The van der Waals surface area contributed by atoms with Crippen molar-refractivity contribution in [1.82, 2.24) is 0 Å². The number of nitrogens with one attached hydrogen (secondary N) is 1. The second-order valence-electron chi connectivity index (χ2n) is 13.5. The molecule has 0 saturated heterocycles. The Morgan fingerprint density at radius 2 is 1.33 bits per heavy atom. The summed E-state index contributed by atoms with van der Waals surface area (Å²) < 4.78 is 0. The van der Waals surface area contributed by atoms with Crippen molar-refractivity contribution in [2.24, 2.45) is 0 Å². The number of anilines is 1. The molecule has 1 heteroatoms. The lowest BCUT2D eigenvalue weighted by Gasteiger charge is -2.29. The van der Waals surface area contributed by atoms with Gasteiger partial charge in [-0.3, -0.25) is 0 Å². The predicted molar refractivity (Wildman–Crippen MR) is 204 cm³/mol. The standard InChI is InChI=1S/C47H35N/c1-29-13-5-7-17-33(29)31-27-30-14-6-8-18-34(30)43(28-31)42-26-25-41-39-23-12-22-38-40-24-11-21-37(35-19-9-10-20-36(35)44(38)39)45(40)46(41)47(42)48-32-15-3-2-4-16-32/h3,5-8,10-28,36,48H,2,4,9H2,1H3. The molecule has 0 heterocycles. The fourth-order valence-electron chi connectivity index (χ4n) is 8.70. The number of allylic oxidation sites excluding steroid dienone is 7. The molecule has 6 bridgehead atoms. The van der Waals surface area contributed by atoms with Gasteiger partial charge in [-0.1, -0.05) is 127 Å². The van der Waals surface area contributed by atoms with Crippen LogP contribution in [0.1, 0.15) is 41.9 Å². The van der Waals surface area contributed by atoms with Crippen LogP contribution in [0.2, 0.25) is 0 Å². The van der Waals surface area contributed by atoms with Gasteiger partial charge in [0.05, 0.1) is 5.69 Å². The molecule has 0 amide bonds. The molecule has 0 saturated carbocycles. The average molecular weight is 614 g/mol. The van der Waals surface area contributed by atoms with Crippen molar-refractivity contribution in [2.75, 3.05) is 5.32 Å². The Morgan fingerprint density at radius 1 is 0.583 bits per heavy atom. The molecule has 1 atom stereocenters. The van der Waals surface area contributed by atoms with Crippen molar-refractivity contribution in [3.05, 3.63) is 168 Å². The first-order valence-corrected chi connectivity index (χ1v) is 17.3. The van der Waals surface area contributed by atoms with Gasteiger partial charge >= 0.3 is 0 Å². The van der Waals surface area contributed by atoms with Gasteiger partial charge in [0.15, 0.2) is 0 Å². The lowest BCUT2D eigenvalue weighted by Crippen LogP contribution is -2.09. The van der Waals surface area contributed by atoms with Crippen molar-refractivity contribution in [2.45, 2.75) is 32.1 Å².